The van der Waals surface area contributed by atoms with Crippen LogP contribution in [0.15, 0.2) is 12.7 Å². The highest BCUT2D eigenvalue weighted by Crippen LogP contribution is 2.40. The third-order valence-electron chi connectivity index (χ3n) is 3.99. The molecule has 2 aromatic heterocycles. The first-order valence-electron chi connectivity index (χ1n) is 6.29. The maximum Gasteiger partial charge on any atom is 0.165 e. The Morgan fingerprint density at radius 2 is 1.84 bits per heavy atom. The van der Waals surface area contributed by atoms with Crippen LogP contribution in [-0.2, 0) is 0 Å². The Kier molecular flexibility index (Phi) is 3.38. The lowest BCUT2D eigenvalue weighted by molar-refractivity contribution is 0.141. The van der Waals surface area contributed by atoms with Gasteiger partial charge in [-0.3, -0.25) is 0 Å². The van der Waals surface area contributed by atoms with E-state index in [1.165, 1.54) is 6.33 Å². The molecule has 1 fully saturated rings. The van der Waals surface area contributed by atoms with Gasteiger partial charge in [-0.25, -0.2) is 15.0 Å². The molecule has 0 aromatic carbocycles. The van der Waals surface area contributed by atoms with Crippen LogP contribution in [0, 0.1) is 11.8 Å². The highest BCUT2D eigenvalue weighted by atomic mass is 35.5. The molecule has 0 bridgehead atoms. The molecule has 3 rings (SSSR count). The van der Waals surface area contributed by atoms with Crippen LogP contribution in [-0.4, -0.2) is 42.9 Å². The minimum absolute atomic E-state index is 0.101. The summed E-state index contributed by atoms with van der Waals surface area (Å²) in [6, 6.07) is 0.185. The predicted molar refractivity (Wildman–Crippen MR) is 69.8 cm³/mol. The van der Waals surface area contributed by atoms with Gasteiger partial charge in [-0.1, -0.05) is 11.6 Å². The fourth-order valence-corrected chi connectivity index (χ4v) is 3.12. The molecule has 1 aliphatic carbocycles. The minimum atomic E-state index is 0.101. The van der Waals surface area contributed by atoms with Gasteiger partial charge in [-0.05, 0) is 24.7 Å². The number of aliphatic hydroxyl groups is 2. The normalized spacial score (nSPS) is 24.4. The number of fused-ring (bicyclic) bond motifs is 1. The maximum absolute atomic E-state index is 9.36. The van der Waals surface area contributed by atoms with Crippen molar-refractivity contribution in [1.82, 2.24) is 19.5 Å². The summed E-state index contributed by atoms with van der Waals surface area (Å²) in [6.07, 6.45) is 4.76. The second kappa shape index (κ2) is 5.03. The second-order valence-electron chi connectivity index (χ2n) is 5.00. The molecule has 0 radical (unpaired) electrons. The number of hydrogen-bond acceptors (Lipinski definition) is 5. The van der Waals surface area contributed by atoms with Crippen LogP contribution >= 0.6 is 11.6 Å². The average molecular weight is 283 g/mol. The lowest BCUT2D eigenvalue weighted by atomic mass is 9.98. The van der Waals surface area contributed by atoms with Gasteiger partial charge in [0.1, 0.15) is 11.8 Å². The van der Waals surface area contributed by atoms with Crippen molar-refractivity contribution in [3.05, 3.63) is 17.8 Å². The van der Waals surface area contributed by atoms with Crippen LogP contribution in [0.1, 0.15) is 18.9 Å². The molecule has 0 unspecified atom stereocenters. The fraction of sp³-hybridized carbons (Fsp3) is 0.583. The molecular weight excluding hydrogens is 268 g/mol. The zero-order chi connectivity index (χ0) is 13.4. The summed E-state index contributed by atoms with van der Waals surface area (Å²) in [4.78, 5) is 12.4. The van der Waals surface area contributed by atoms with E-state index in [1.54, 1.807) is 6.33 Å². The van der Waals surface area contributed by atoms with E-state index < -0.39 is 0 Å². The van der Waals surface area contributed by atoms with Crippen molar-refractivity contribution in [2.75, 3.05) is 13.2 Å². The molecule has 2 atom stereocenters. The molecule has 102 valence electrons. The van der Waals surface area contributed by atoms with Crippen molar-refractivity contribution in [2.45, 2.75) is 18.9 Å². The summed E-state index contributed by atoms with van der Waals surface area (Å²) < 4.78 is 1.97. The number of aliphatic hydroxyl groups excluding tert-OH is 2. The van der Waals surface area contributed by atoms with Gasteiger partial charge < -0.3 is 14.8 Å². The van der Waals surface area contributed by atoms with Gasteiger partial charge in [-0.2, -0.15) is 0 Å². The number of halogens is 1. The van der Waals surface area contributed by atoms with E-state index in [1.807, 2.05) is 4.57 Å². The highest BCUT2D eigenvalue weighted by molar-refractivity contribution is 6.33. The van der Waals surface area contributed by atoms with E-state index in [4.69, 9.17) is 11.6 Å². The first-order chi connectivity index (χ1) is 9.24. The van der Waals surface area contributed by atoms with Gasteiger partial charge in [0.05, 0.1) is 6.33 Å². The molecule has 0 aliphatic heterocycles. The molecule has 1 saturated carbocycles. The summed E-state index contributed by atoms with van der Waals surface area (Å²) in [7, 11) is 0. The van der Waals surface area contributed by atoms with Crippen LogP contribution in [0.5, 0.6) is 0 Å². The van der Waals surface area contributed by atoms with Crippen molar-refractivity contribution in [3.8, 4) is 0 Å². The number of rotatable bonds is 3. The third kappa shape index (κ3) is 2.09. The van der Waals surface area contributed by atoms with Crippen molar-refractivity contribution < 1.29 is 10.2 Å². The largest absolute Gasteiger partial charge is 0.396 e. The van der Waals surface area contributed by atoms with Crippen LogP contribution in [0.4, 0.5) is 0 Å². The monoisotopic (exact) mass is 282 g/mol. The Hall–Kier alpha value is -1.24. The molecule has 6 nitrogen and oxygen atoms in total. The predicted octanol–water partition coefficient (Wildman–Crippen LogP) is 1.03. The van der Waals surface area contributed by atoms with Crippen molar-refractivity contribution in [2.24, 2.45) is 11.8 Å². The van der Waals surface area contributed by atoms with Crippen molar-refractivity contribution in [1.29, 1.82) is 0 Å². The maximum atomic E-state index is 9.36. The Balaban J connectivity index is 1.95. The summed E-state index contributed by atoms with van der Waals surface area (Å²) in [5, 5.41) is 19.1. The summed E-state index contributed by atoms with van der Waals surface area (Å²) in [5.41, 5.74) is 1.30. The molecular formula is C12H15ClN4O2. The Morgan fingerprint density at radius 3 is 2.47 bits per heavy atom. The van der Waals surface area contributed by atoms with Crippen LogP contribution in [0.25, 0.3) is 11.2 Å². The molecule has 7 heteroatoms. The van der Waals surface area contributed by atoms with E-state index in [2.05, 4.69) is 15.0 Å². The number of hydrogen-bond donors (Lipinski definition) is 2. The molecule has 0 saturated heterocycles. The molecule has 2 N–H and O–H groups in total. The Labute approximate surface area is 115 Å². The lowest BCUT2D eigenvalue weighted by Gasteiger charge is -2.12. The molecule has 1 aliphatic rings. The zero-order valence-corrected chi connectivity index (χ0v) is 11.0. The molecule has 19 heavy (non-hydrogen) atoms. The van der Waals surface area contributed by atoms with Crippen LogP contribution in [0.2, 0.25) is 5.15 Å². The SMILES string of the molecule is OC[C@H]1CC(n2cnc3c(Cl)ncnc32)C[C@@H]1CO. The summed E-state index contributed by atoms with van der Waals surface area (Å²) in [6.45, 7) is 0.203. The third-order valence-corrected chi connectivity index (χ3v) is 4.27. The smallest absolute Gasteiger partial charge is 0.165 e. The average Bonchev–Trinajstić information content (AvgIpc) is 3.02. The van der Waals surface area contributed by atoms with E-state index >= 15 is 0 Å². The topological polar surface area (TPSA) is 84.1 Å². The first kappa shape index (κ1) is 12.8. The molecule has 2 aromatic rings. The quantitative estimate of drug-likeness (QED) is 0.822. The van der Waals surface area contributed by atoms with Gasteiger partial charge in [0, 0.05) is 19.3 Å². The Bertz CT molecular complexity index is 576. The van der Waals surface area contributed by atoms with Gasteiger partial charge in [0.2, 0.25) is 0 Å². The first-order valence-corrected chi connectivity index (χ1v) is 6.67. The minimum Gasteiger partial charge on any atom is -0.396 e. The van der Waals surface area contributed by atoms with Gasteiger partial charge in [-0.15, -0.1) is 0 Å². The lowest BCUT2D eigenvalue weighted by Crippen LogP contribution is -2.15. The van der Waals surface area contributed by atoms with E-state index in [9.17, 15) is 10.2 Å². The van der Waals surface area contributed by atoms with Gasteiger partial charge in [0.25, 0.3) is 0 Å². The van der Waals surface area contributed by atoms with E-state index in [0.29, 0.717) is 16.3 Å². The number of nitrogens with zero attached hydrogens (tertiary/aromatic N) is 4. The van der Waals surface area contributed by atoms with Crippen LogP contribution in [0.3, 0.4) is 0 Å². The van der Waals surface area contributed by atoms with Gasteiger partial charge in [0.15, 0.2) is 10.8 Å². The van der Waals surface area contributed by atoms with Crippen molar-refractivity contribution in [3.63, 3.8) is 0 Å². The van der Waals surface area contributed by atoms with E-state index in [0.717, 1.165) is 12.8 Å². The standard InChI is InChI=1S/C12H15ClN4O2/c13-11-10-12(15-5-14-11)17(6-16-10)9-1-7(3-18)8(2-9)4-19/h5-9,18-19H,1-4H2/t7-,8-/m1/s1. The molecule has 0 amide bonds. The molecule has 0 spiro atoms. The summed E-state index contributed by atoms with van der Waals surface area (Å²) >= 11 is 5.98. The fourth-order valence-electron chi connectivity index (χ4n) is 2.94. The number of aromatic nitrogens is 4. The second-order valence-corrected chi connectivity index (χ2v) is 5.36. The number of imidazole rings is 1. The molecule has 2 heterocycles. The zero-order valence-electron chi connectivity index (χ0n) is 10.3. The van der Waals surface area contributed by atoms with Gasteiger partial charge >= 0.3 is 0 Å². The highest BCUT2D eigenvalue weighted by Gasteiger charge is 2.35. The van der Waals surface area contributed by atoms with Crippen molar-refractivity contribution >= 4 is 22.8 Å². The summed E-state index contributed by atoms with van der Waals surface area (Å²) in [5.74, 6) is 0.259. The van der Waals surface area contributed by atoms with Crippen LogP contribution < -0.4 is 0 Å². The Morgan fingerprint density at radius 1 is 1.16 bits per heavy atom. The van der Waals surface area contributed by atoms with E-state index in [-0.39, 0.29) is 31.1 Å².